The molecule has 1 saturated heterocycles. The lowest BCUT2D eigenvalue weighted by atomic mass is 10.0. The molecule has 0 amide bonds. The zero-order valence-corrected chi connectivity index (χ0v) is 9.52. The number of aromatic carboxylic acids is 1. The van der Waals surface area contributed by atoms with Gasteiger partial charge in [-0.3, -0.25) is 0 Å². The Morgan fingerprint density at radius 3 is 3.06 bits per heavy atom. The molecular formula is C11H13FN2O4. The van der Waals surface area contributed by atoms with Crippen LogP contribution in [0.25, 0.3) is 0 Å². The van der Waals surface area contributed by atoms with Gasteiger partial charge in [-0.15, -0.1) is 0 Å². The summed E-state index contributed by atoms with van der Waals surface area (Å²) in [5.41, 5.74) is -1.30. The van der Waals surface area contributed by atoms with E-state index in [0.29, 0.717) is 13.0 Å². The lowest BCUT2D eigenvalue weighted by molar-refractivity contribution is 0.0380. The van der Waals surface area contributed by atoms with E-state index in [1.165, 1.54) is 0 Å². The fraction of sp³-hybridized carbons (Fsp3) is 0.455. The number of anilines is 1. The Hall–Kier alpha value is -1.73. The number of carboxylic acids is 1. The average Bonchev–Trinajstić information content (AvgIpc) is 2.75. The van der Waals surface area contributed by atoms with Gasteiger partial charge in [0.05, 0.1) is 12.8 Å². The molecule has 1 aromatic rings. The van der Waals surface area contributed by atoms with Crippen LogP contribution < -0.4 is 5.32 Å². The van der Waals surface area contributed by atoms with E-state index in [2.05, 4.69) is 10.3 Å². The molecule has 0 bridgehead atoms. The third kappa shape index (κ3) is 2.74. The number of aromatic nitrogens is 1. The van der Waals surface area contributed by atoms with Crippen LogP contribution in [-0.4, -0.2) is 46.5 Å². The minimum atomic E-state index is -1.28. The van der Waals surface area contributed by atoms with Gasteiger partial charge in [0.2, 0.25) is 0 Å². The van der Waals surface area contributed by atoms with E-state index in [4.69, 9.17) is 9.84 Å². The highest BCUT2D eigenvalue weighted by molar-refractivity contribution is 5.93. The van der Waals surface area contributed by atoms with E-state index in [1.54, 1.807) is 0 Å². The molecular weight excluding hydrogens is 243 g/mol. The molecule has 1 unspecified atom stereocenters. The van der Waals surface area contributed by atoms with Gasteiger partial charge in [0.1, 0.15) is 22.8 Å². The first-order chi connectivity index (χ1) is 8.50. The summed E-state index contributed by atoms with van der Waals surface area (Å²) in [6.45, 7) is 0.746. The zero-order valence-electron chi connectivity index (χ0n) is 9.52. The van der Waals surface area contributed by atoms with E-state index >= 15 is 0 Å². The molecule has 1 atom stereocenters. The SMILES string of the molecule is O=C(O)c1cc(F)cnc1NCC1(O)CCOC1. The molecule has 2 rings (SSSR count). The maximum absolute atomic E-state index is 12.9. The molecule has 0 saturated carbocycles. The molecule has 1 aliphatic rings. The molecule has 7 heteroatoms. The van der Waals surface area contributed by atoms with Crippen molar-refractivity contribution in [2.45, 2.75) is 12.0 Å². The van der Waals surface area contributed by atoms with E-state index in [1.807, 2.05) is 0 Å². The molecule has 0 radical (unpaired) electrons. The Bertz CT molecular complexity index is 460. The standard InChI is InChI=1S/C11H13FN2O4/c12-7-3-8(10(15)16)9(13-4-7)14-5-11(17)1-2-18-6-11/h3-4,17H,1-2,5-6H2,(H,13,14)(H,15,16). The molecule has 1 aromatic heterocycles. The molecule has 3 N–H and O–H groups in total. The predicted octanol–water partition coefficient (Wildman–Crippen LogP) is 0.482. The number of aliphatic hydroxyl groups is 1. The van der Waals surface area contributed by atoms with Gasteiger partial charge < -0.3 is 20.3 Å². The van der Waals surface area contributed by atoms with Gasteiger partial charge >= 0.3 is 5.97 Å². The number of carboxylic acid groups (broad SMARTS) is 1. The Kier molecular flexibility index (Phi) is 3.44. The number of nitrogens with one attached hydrogen (secondary N) is 1. The van der Waals surface area contributed by atoms with Crippen molar-refractivity contribution in [3.8, 4) is 0 Å². The van der Waals surface area contributed by atoms with Crippen molar-refractivity contribution >= 4 is 11.8 Å². The number of halogens is 1. The molecule has 1 aliphatic heterocycles. The van der Waals surface area contributed by atoms with Crippen molar-refractivity contribution in [2.75, 3.05) is 25.1 Å². The summed E-state index contributed by atoms with van der Waals surface area (Å²) in [6, 6.07) is 0.882. The minimum Gasteiger partial charge on any atom is -0.478 e. The number of hydrogen-bond acceptors (Lipinski definition) is 5. The monoisotopic (exact) mass is 256 g/mol. The second-order valence-electron chi connectivity index (χ2n) is 4.24. The summed E-state index contributed by atoms with van der Waals surface area (Å²) in [6.07, 6.45) is 1.38. The fourth-order valence-electron chi connectivity index (χ4n) is 1.73. The number of carbonyl (C=O) groups is 1. The summed E-state index contributed by atoms with van der Waals surface area (Å²) < 4.78 is 18.0. The topological polar surface area (TPSA) is 91.7 Å². The van der Waals surface area contributed by atoms with Gasteiger partial charge in [0, 0.05) is 19.6 Å². The summed E-state index contributed by atoms with van der Waals surface area (Å²) in [7, 11) is 0. The van der Waals surface area contributed by atoms with E-state index in [-0.39, 0.29) is 24.5 Å². The number of rotatable bonds is 4. The third-order valence-corrected chi connectivity index (χ3v) is 2.75. The molecule has 0 aromatic carbocycles. The van der Waals surface area contributed by atoms with E-state index < -0.39 is 17.4 Å². The minimum absolute atomic E-state index is 0.0317. The normalized spacial score (nSPS) is 23.0. The van der Waals surface area contributed by atoms with Crippen molar-refractivity contribution in [1.82, 2.24) is 4.98 Å². The van der Waals surface area contributed by atoms with E-state index in [0.717, 1.165) is 12.3 Å². The number of nitrogens with zero attached hydrogens (tertiary/aromatic N) is 1. The Morgan fingerprint density at radius 1 is 1.67 bits per heavy atom. The number of ether oxygens (including phenoxy) is 1. The van der Waals surface area contributed by atoms with Crippen LogP contribution in [0.1, 0.15) is 16.8 Å². The lowest BCUT2D eigenvalue weighted by Crippen LogP contribution is -2.37. The first-order valence-electron chi connectivity index (χ1n) is 5.43. The number of hydrogen-bond donors (Lipinski definition) is 3. The summed E-state index contributed by atoms with van der Waals surface area (Å²) in [5.74, 6) is -1.97. The van der Waals surface area contributed by atoms with Crippen LogP contribution >= 0.6 is 0 Å². The van der Waals surface area contributed by atoms with Gasteiger partial charge in [-0.25, -0.2) is 14.2 Å². The highest BCUT2D eigenvalue weighted by Gasteiger charge is 2.32. The van der Waals surface area contributed by atoms with Crippen LogP contribution in [0.4, 0.5) is 10.2 Å². The first kappa shape index (κ1) is 12.7. The molecule has 0 aliphatic carbocycles. The van der Waals surface area contributed by atoms with Crippen molar-refractivity contribution < 1.29 is 24.1 Å². The van der Waals surface area contributed by atoms with Gasteiger partial charge in [-0.2, -0.15) is 0 Å². The van der Waals surface area contributed by atoms with Crippen molar-refractivity contribution in [1.29, 1.82) is 0 Å². The Balaban J connectivity index is 2.11. The third-order valence-electron chi connectivity index (χ3n) is 2.75. The molecule has 6 nitrogen and oxygen atoms in total. The van der Waals surface area contributed by atoms with Gasteiger partial charge in [-0.05, 0) is 6.07 Å². The van der Waals surface area contributed by atoms with Crippen molar-refractivity contribution in [3.63, 3.8) is 0 Å². The number of pyridine rings is 1. The van der Waals surface area contributed by atoms with Crippen LogP contribution in [-0.2, 0) is 4.74 Å². The van der Waals surface area contributed by atoms with Gasteiger partial charge in [0.15, 0.2) is 0 Å². The molecule has 1 fully saturated rings. The highest BCUT2D eigenvalue weighted by Crippen LogP contribution is 2.20. The van der Waals surface area contributed by atoms with Crippen LogP contribution in [0.3, 0.4) is 0 Å². The maximum atomic E-state index is 12.9. The quantitative estimate of drug-likeness (QED) is 0.725. The van der Waals surface area contributed by atoms with Crippen LogP contribution in [0, 0.1) is 5.82 Å². The molecule has 98 valence electrons. The van der Waals surface area contributed by atoms with Crippen LogP contribution in [0.5, 0.6) is 0 Å². The highest BCUT2D eigenvalue weighted by atomic mass is 19.1. The average molecular weight is 256 g/mol. The van der Waals surface area contributed by atoms with Gasteiger partial charge in [-0.1, -0.05) is 0 Å². The second kappa shape index (κ2) is 4.87. The molecule has 0 spiro atoms. The fourth-order valence-corrected chi connectivity index (χ4v) is 1.73. The van der Waals surface area contributed by atoms with Crippen molar-refractivity contribution in [3.05, 3.63) is 23.6 Å². The summed E-state index contributed by atoms with van der Waals surface area (Å²) in [4.78, 5) is 14.6. The summed E-state index contributed by atoms with van der Waals surface area (Å²) in [5, 5.41) is 21.6. The first-order valence-corrected chi connectivity index (χ1v) is 5.43. The maximum Gasteiger partial charge on any atom is 0.339 e. The largest absolute Gasteiger partial charge is 0.478 e. The summed E-state index contributed by atoms with van der Waals surface area (Å²) >= 11 is 0. The predicted molar refractivity (Wildman–Crippen MR) is 60.0 cm³/mol. The zero-order chi connectivity index (χ0) is 13.2. The molecule has 2 heterocycles. The van der Waals surface area contributed by atoms with Crippen molar-refractivity contribution in [2.24, 2.45) is 0 Å². The van der Waals surface area contributed by atoms with E-state index in [9.17, 15) is 14.3 Å². The Labute approximate surface area is 102 Å². The second-order valence-corrected chi connectivity index (χ2v) is 4.24. The molecule has 18 heavy (non-hydrogen) atoms. The van der Waals surface area contributed by atoms with Crippen LogP contribution in [0.2, 0.25) is 0 Å². The van der Waals surface area contributed by atoms with Crippen LogP contribution in [0.15, 0.2) is 12.3 Å². The van der Waals surface area contributed by atoms with Gasteiger partial charge in [0.25, 0.3) is 0 Å². The Morgan fingerprint density at radius 2 is 2.44 bits per heavy atom. The lowest BCUT2D eigenvalue weighted by Gasteiger charge is -2.21. The smallest absolute Gasteiger partial charge is 0.339 e.